The van der Waals surface area contributed by atoms with Gasteiger partial charge in [-0.3, -0.25) is 0 Å². The highest BCUT2D eigenvalue weighted by Gasteiger charge is 2.17. The molecule has 1 nitrogen and oxygen atoms in total. The zero-order valence-corrected chi connectivity index (χ0v) is 11.6. The molecule has 2 atom stereocenters. The van der Waals surface area contributed by atoms with Crippen molar-refractivity contribution in [2.24, 2.45) is 17.8 Å². The van der Waals surface area contributed by atoms with Crippen molar-refractivity contribution in [1.29, 1.82) is 0 Å². The van der Waals surface area contributed by atoms with E-state index in [-0.39, 0.29) is 0 Å². The number of allylic oxidation sites excluding steroid dienone is 1. The van der Waals surface area contributed by atoms with E-state index in [4.69, 9.17) is 5.11 Å². The zero-order valence-electron chi connectivity index (χ0n) is 11.6. The van der Waals surface area contributed by atoms with Crippen LogP contribution in [-0.2, 0) is 0 Å². The largest absolute Gasteiger partial charge is 0.396 e. The van der Waals surface area contributed by atoms with E-state index < -0.39 is 0 Å². The molecule has 0 bridgehead atoms. The minimum atomic E-state index is 0.308. The molecule has 0 aliphatic carbocycles. The quantitative estimate of drug-likeness (QED) is 0.577. The Kier molecular flexibility index (Phi) is 8.64. The molecule has 0 radical (unpaired) electrons. The first-order valence-electron chi connectivity index (χ1n) is 6.75. The highest BCUT2D eigenvalue weighted by atomic mass is 16.2. The van der Waals surface area contributed by atoms with Crippen LogP contribution in [0.3, 0.4) is 0 Å². The predicted octanol–water partition coefficient (Wildman–Crippen LogP) is 4.41. The van der Waals surface area contributed by atoms with Gasteiger partial charge in [-0.2, -0.15) is 0 Å². The molecule has 0 fully saturated rings. The molecular weight excluding hydrogens is 196 g/mol. The topological polar surface area (TPSA) is 20.2 Å². The average Bonchev–Trinajstić information content (AvgIpc) is 2.17. The highest BCUT2D eigenvalue weighted by Crippen LogP contribution is 2.28. The summed E-state index contributed by atoms with van der Waals surface area (Å²) < 4.78 is 0. The summed E-state index contributed by atoms with van der Waals surface area (Å²) >= 11 is 0. The molecule has 0 heterocycles. The molecule has 1 heteroatoms. The SMILES string of the molecule is C=C(C)[C@H](CCCO)[C@@H](C)CCCC(C)C. The maximum absolute atomic E-state index is 8.90. The molecule has 0 aromatic carbocycles. The highest BCUT2D eigenvalue weighted by molar-refractivity contribution is 4.98. The van der Waals surface area contributed by atoms with Crippen LogP contribution in [0.2, 0.25) is 0 Å². The van der Waals surface area contributed by atoms with E-state index in [1.807, 2.05) is 0 Å². The predicted molar refractivity (Wildman–Crippen MR) is 72.5 cm³/mol. The molecule has 0 unspecified atom stereocenters. The Labute approximate surface area is 102 Å². The minimum absolute atomic E-state index is 0.308. The fourth-order valence-corrected chi connectivity index (χ4v) is 2.38. The van der Waals surface area contributed by atoms with Crippen LogP contribution < -0.4 is 0 Å². The number of aliphatic hydroxyl groups is 1. The second kappa shape index (κ2) is 8.81. The monoisotopic (exact) mass is 226 g/mol. The summed E-state index contributed by atoms with van der Waals surface area (Å²) in [6, 6.07) is 0. The fourth-order valence-electron chi connectivity index (χ4n) is 2.38. The standard InChI is InChI=1S/C15H30O/c1-12(2)8-6-9-14(5)15(13(3)4)10-7-11-16/h12,14-16H,3,6-11H2,1-2,4-5H3/t14-,15-/m0/s1. The lowest BCUT2D eigenvalue weighted by molar-refractivity contribution is 0.257. The summed E-state index contributed by atoms with van der Waals surface area (Å²) in [6.07, 6.45) is 5.94. The van der Waals surface area contributed by atoms with Gasteiger partial charge in [0.1, 0.15) is 0 Å². The molecule has 0 saturated carbocycles. The van der Waals surface area contributed by atoms with Gasteiger partial charge < -0.3 is 5.11 Å². The third-order valence-corrected chi connectivity index (χ3v) is 3.43. The third-order valence-electron chi connectivity index (χ3n) is 3.43. The third kappa shape index (κ3) is 7.05. The van der Waals surface area contributed by atoms with Crippen LogP contribution in [0.4, 0.5) is 0 Å². The van der Waals surface area contributed by atoms with Crippen molar-refractivity contribution in [1.82, 2.24) is 0 Å². The van der Waals surface area contributed by atoms with E-state index in [2.05, 4.69) is 34.3 Å². The summed E-state index contributed by atoms with van der Waals surface area (Å²) in [7, 11) is 0. The lowest BCUT2D eigenvalue weighted by atomic mass is 9.81. The van der Waals surface area contributed by atoms with Crippen LogP contribution in [0, 0.1) is 17.8 Å². The van der Waals surface area contributed by atoms with Crippen molar-refractivity contribution >= 4 is 0 Å². The maximum Gasteiger partial charge on any atom is 0.0431 e. The molecule has 0 saturated heterocycles. The molecule has 0 amide bonds. The van der Waals surface area contributed by atoms with Crippen LogP contribution in [0.5, 0.6) is 0 Å². The lowest BCUT2D eigenvalue weighted by Gasteiger charge is -2.24. The number of hydrogen-bond acceptors (Lipinski definition) is 1. The molecule has 0 rings (SSSR count). The van der Waals surface area contributed by atoms with Crippen LogP contribution in [0.1, 0.15) is 59.8 Å². The first-order chi connectivity index (χ1) is 7.49. The Hall–Kier alpha value is -0.300. The fraction of sp³-hybridized carbons (Fsp3) is 0.867. The van der Waals surface area contributed by atoms with E-state index in [0.717, 1.165) is 18.8 Å². The smallest absolute Gasteiger partial charge is 0.0431 e. The van der Waals surface area contributed by atoms with Crippen LogP contribution in [-0.4, -0.2) is 11.7 Å². The van der Waals surface area contributed by atoms with Gasteiger partial charge in [-0.15, -0.1) is 0 Å². The summed E-state index contributed by atoms with van der Waals surface area (Å²) in [5.41, 5.74) is 1.28. The van der Waals surface area contributed by atoms with Crippen molar-refractivity contribution in [2.75, 3.05) is 6.61 Å². The first-order valence-corrected chi connectivity index (χ1v) is 6.75. The second-order valence-electron chi connectivity index (χ2n) is 5.62. The zero-order chi connectivity index (χ0) is 12.6. The molecule has 16 heavy (non-hydrogen) atoms. The van der Waals surface area contributed by atoms with Crippen molar-refractivity contribution in [2.45, 2.75) is 59.8 Å². The molecule has 1 N–H and O–H groups in total. The van der Waals surface area contributed by atoms with Crippen molar-refractivity contribution in [3.63, 3.8) is 0 Å². The van der Waals surface area contributed by atoms with Crippen molar-refractivity contribution in [3.05, 3.63) is 12.2 Å². The van der Waals surface area contributed by atoms with Crippen molar-refractivity contribution in [3.8, 4) is 0 Å². The number of rotatable bonds is 9. The summed E-state index contributed by atoms with van der Waals surface area (Å²) in [5.74, 6) is 2.12. The van der Waals surface area contributed by atoms with Crippen LogP contribution >= 0.6 is 0 Å². The van der Waals surface area contributed by atoms with Gasteiger partial charge in [-0.25, -0.2) is 0 Å². The molecule has 0 aromatic heterocycles. The second-order valence-corrected chi connectivity index (χ2v) is 5.62. The molecule has 0 spiro atoms. The van der Waals surface area contributed by atoms with Crippen LogP contribution in [0.25, 0.3) is 0 Å². The molecule has 96 valence electrons. The summed E-state index contributed by atoms with van der Waals surface area (Å²) in [6.45, 7) is 13.4. The van der Waals surface area contributed by atoms with E-state index in [9.17, 15) is 0 Å². The van der Waals surface area contributed by atoms with E-state index in [0.29, 0.717) is 18.4 Å². The molecular formula is C15H30O. The molecule has 0 aliphatic rings. The van der Waals surface area contributed by atoms with E-state index >= 15 is 0 Å². The van der Waals surface area contributed by atoms with Gasteiger partial charge in [-0.1, -0.05) is 52.2 Å². The Morgan fingerprint density at radius 1 is 1.06 bits per heavy atom. The number of aliphatic hydroxyl groups excluding tert-OH is 1. The van der Waals surface area contributed by atoms with Crippen LogP contribution in [0.15, 0.2) is 12.2 Å². The number of hydrogen-bond donors (Lipinski definition) is 1. The van der Waals surface area contributed by atoms with Gasteiger partial charge >= 0.3 is 0 Å². The van der Waals surface area contributed by atoms with Gasteiger partial charge in [-0.05, 0) is 37.5 Å². The van der Waals surface area contributed by atoms with E-state index in [1.54, 1.807) is 0 Å². The Bertz CT molecular complexity index is 184. The molecule has 0 aromatic rings. The lowest BCUT2D eigenvalue weighted by Crippen LogP contribution is -2.13. The minimum Gasteiger partial charge on any atom is -0.396 e. The van der Waals surface area contributed by atoms with Gasteiger partial charge in [0.25, 0.3) is 0 Å². The van der Waals surface area contributed by atoms with Gasteiger partial charge in [0, 0.05) is 6.61 Å². The first kappa shape index (κ1) is 15.7. The molecule has 0 aliphatic heterocycles. The van der Waals surface area contributed by atoms with E-state index in [1.165, 1.54) is 24.8 Å². The summed E-state index contributed by atoms with van der Waals surface area (Å²) in [5, 5.41) is 8.90. The van der Waals surface area contributed by atoms with Gasteiger partial charge in [0.2, 0.25) is 0 Å². The van der Waals surface area contributed by atoms with Gasteiger partial charge in [0.05, 0.1) is 0 Å². The maximum atomic E-state index is 8.90. The average molecular weight is 226 g/mol. The normalized spacial score (nSPS) is 15.1. The van der Waals surface area contributed by atoms with Gasteiger partial charge in [0.15, 0.2) is 0 Å². The summed E-state index contributed by atoms with van der Waals surface area (Å²) in [4.78, 5) is 0. The Morgan fingerprint density at radius 3 is 2.12 bits per heavy atom. The Morgan fingerprint density at radius 2 is 1.69 bits per heavy atom. The van der Waals surface area contributed by atoms with Crippen molar-refractivity contribution < 1.29 is 5.11 Å². The Balaban J connectivity index is 3.96.